The van der Waals surface area contributed by atoms with E-state index in [1.54, 1.807) is 0 Å². The van der Waals surface area contributed by atoms with Crippen LogP contribution in [0, 0.1) is 17.0 Å². The molecule has 2 rings (SSSR count). The molecule has 0 bridgehead atoms. The van der Waals surface area contributed by atoms with E-state index in [1.807, 2.05) is 0 Å². The van der Waals surface area contributed by atoms with Crippen molar-refractivity contribution in [3.05, 3.63) is 33.9 Å². The summed E-state index contributed by atoms with van der Waals surface area (Å²) in [6.45, 7) is 1.52. The van der Waals surface area contributed by atoms with Crippen LogP contribution in [0.1, 0.15) is 18.4 Å². The lowest BCUT2D eigenvalue weighted by atomic mass is 10.2. The average Bonchev–Trinajstić information content (AvgIpc) is 3.00. The van der Waals surface area contributed by atoms with Gasteiger partial charge in [-0.3, -0.25) is 10.1 Å². The molecule has 0 atom stereocenters. The van der Waals surface area contributed by atoms with Crippen molar-refractivity contribution in [1.82, 2.24) is 4.72 Å². The van der Waals surface area contributed by atoms with Crippen LogP contribution in [0.2, 0.25) is 0 Å². The minimum atomic E-state index is -3.79. The van der Waals surface area contributed by atoms with Gasteiger partial charge in [-0.15, -0.1) is 0 Å². The van der Waals surface area contributed by atoms with E-state index in [9.17, 15) is 18.5 Å². The molecular formula is C10H12N2O4S. The first kappa shape index (κ1) is 12.0. The highest BCUT2D eigenvalue weighted by atomic mass is 32.2. The molecule has 1 saturated carbocycles. The third-order valence-corrected chi connectivity index (χ3v) is 4.12. The van der Waals surface area contributed by atoms with E-state index in [0.717, 1.165) is 12.8 Å². The molecule has 0 saturated heterocycles. The Hall–Kier alpha value is -1.47. The van der Waals surface area contributed by atoms with E-state index in [1.165, 1.54) is 25.1 Å². The molecule has 17 heavy (non-hydrogen) atoms. The summed E-state index contributed by atoms with van der Waals surface area (Å²) in [7, 11) is -3.79. The third-order valence-electron chi connectivity index (χ3n) is 2.57. The summed E-state index contributed by atoms with van der Waals surface area (Å²) in [4.78, 5) is 9.99. The van der Waals surface area contributed by atoms with Gasteiger partial charge in [-0.1, -0.05) is 12.1 Å². The predicted octanol–water partition coefficient (Wildman–Crippen LogP) is 1.34. The minimum absolute atomic E-state index is 0.0693. The van der Waals surface area contributed by atoms with Gasteiger partial charge in [-0.2, -0.15) is 0 Å². The fraction of sp³-hybridized carbons (Fsp3) is 0.400. The number of nitrogens with one attached hydrogen (secondary N) is 1. The number of nitrogens with zero attached hydrogens (tertiary/aromatic N) is 1. The van der Waals surface area contributed by atoms with Gasteiger partial charge >= 0.3 is 0 Å². The lowest BCUT2D eigenvalue weighted by molar-refractivity contribution is -0.388. The minimum Gasteiger partial charge on any atom is -0.258 e. The van der Waals surface area contributed by atoms with Gasteiger partial charge in [0.1, 0.15) is 0 Å². The van der Waals surface area contributed by atoms with Gasteiger partial charge < -0.3 is 0 Å². The standard InChI is InChI=1S/C10H12N2O4S/c1-7-3-2-4-9(10(7)12(13)14)17(15,16)11-8-5-6-8/h2-4,8,11H,5-6H2,1H3. The molecule has 1 fully saturated rings. The molecule has 0 amide bonds. The molecule has 6 nitrogen and oxygen atoms in total. The van der Waals surface area contributed by atoms with Gasteiger partial charge in [0.2, 0.25) is 10.0 Å². The quantitative estimate of drug-likeness (QED) is 0.650. The molecule has 1 N–H and O–H groups in total. The number of nitro groups is 1. The van der Waals surface area contributed by atoms with Crippen LogP contribution in [0.15, 0.2) is 23.1 Å². The Labute approximate surface area is 98.8 Å². The second-order valence-corrected chi connectivity index (χ2v) is 5.76. The molecule has 1 aliphatic rings. The Kier molecular flexibility index (Phi) is 2.88. The molecule has 0 aromatic heterocycles. The number of sulfonamides is 1. The molecule has 0 spiro atoms. The lowest BCUT2D eigenvalue weighted by Gasteiger charge is -2.07. The van der Waals surface area contributed by atoms with Crippen molar-refractivity contribution < 1.29 is 13.3 Å². The zero-order chi connectivity index (χ0) is 12.6. The van der Waals surface area contributed by atoms with E-state index in [0.29, 0.717) is 5.56 Å². The zero-order valence-corrected chi connectivity index (χ0v) is 10.0. The Bertz CT molecular complexity index is 564. The molecule has 1 aliphatic carbocycles. The SMILES string of the molecule is Cc1cccc(S(=O)(=O)NC2CC2)c1[N+](=O)[O-]. The van der Waals surface area contributed by atoms with Crippen molar-refractivity contribution >= 4 is 15.7 Å². The van der Waals surface area contributed by atoms with Crippen molar-refractivity contribution in [2.24, 2.45) is 0 Å². The number of rotatable bonds is 4. The maximum Gasteiger partial charge on any atom is 0.292 e. The highest BCUT2D eigenvalue weighted by molar-refractivity contribution is 7.89. The van der Waals surface area contributed by atoms with E-state index in [4.69, 9.17) is 0 Å². The topological polar surface area (TPSA) is 89.3 Å². The smallest absolute Gasteiger partial charge is 0.258 e. The Balaban J connectivity index is 2.50. The van der Waals surface area contributed by atoms with Crippen molar-refractivity contribution in [3.63, 3.8) is 0 Å². The number of hydrogen-bond acceptors (Lipinski definition) is 4. The number of benzene rings is 1. The maximum atomic E-state index is 11.9. The Morgan fingerprint density at radius 2 is 2.06 bits per heavy atom. The summed E-state index contributed by atoms with van der Waals surface area (Å²) >= 11 is 0. The van der Waals surface area contributed by atoms with Crippen molar-refractivity contribution in [2.75, 3.05) is 0 Å². The summed E-state index contributed by atoms with van der Waals surface area (Å²) in [5.41, 5.74) is -0.00526. The average molecular weight is 256 g/mol. The molecule has 0 unspecified atom stereocenters. The molecule has 1 aromatic rings. The molecule has 0 aliphatic heterocycles. The predicted molar refractivity (Wildman–Crippen MR) is 61.2 cm³/mol. The largest absolute Gasteiger partial charge is 0.292 e. The fourth-order valence-corrected chi connectivity index (χ4v) is 3.12. The molecule has 1 aromatic carbocycles. The second kappa shape index (κ2) is 4.08. The van der Waals surface area contributed by atoms with Crippen LogP contribution in [-0.4, -0.2) is 19.4 Å². The lowest BCUT2D eigenvalue weighted by Crippen LogP contribution is -2.26. The molecule has 92 valence electrons. The second-order valence-electron chi connectivity index (χ2n) is 4.07. The van der Waals surface area contributed by atoms with Crippen LogP contribution in [-0.2, 0) is 10.0 Å². The van der Waals surface area contributed by atoms with Crippen LogP contribution in [0.5, 0.6) is 0 Å². The molecule has 7 heteroatoms. The molecule has 0 heterocycles. The maximum absolute atomic E-state index is 11.9. The highest BCUT2D eigenvalue weighted by Crippen LogP contribution is 2.29. The van der Waals surface area contributed by atoms with E-state index >= 15 is 0 Å². The molecular weight excluding hydrogens is 244 g/mol. The summed E-state index contributed by atoms with van der Waals surface area (Å²) in [5, 5.41) is 10.9. The fourth-order valence-electron chi connectivity index (χ4n) is 1.57. The van der Waals surface area contributed by atoms with Crippen LogP contribution in [0.4, 0.5) is 5.69 Å². The normalized spacial score (nSPS) is 15.8. The van der Waals surface area contributed by atoms with Crippen molar-refractivity contribution in [3.8, 4) is 0 Å². The van der Waals surface area contributed by atoms with Gasteiger partial charge in [0, 0.05) is 11.6 Å². The monoisotopic (exact) mass is 256 g/mol. The Morgan fingerprint density at radius 1 is 1.41 bits per heavy atom. The van der Waals surface area contributed by atoms with E-state index < -0.39 is 14.9 Å². The summed E-state index contributed by atoms with van der Waals surface area (Å²) in [6.07, 6.45) is 1.58. The van der Waals surface area contributed by atoms with Crippen molar-refractivity contribution in [1.29, 1.82) is 0 Å². The third kappa shape index (κ3) is 2.45. The van der Waals surface area contributed by atoms with Crippen LogP contribution >= 0.6 is 0 Å². The number of hydrogen-bond donors (Lipinski definition) is 1. The van der Waals surface area contributed by atoms with Gasteiger partial charge in [0.15, 0.2) is 4.90 Å². The van der Waals surface area contributed by atoms with E-state index in [-0.39, 0.29) is 16.6 Å². The van der Waals surface area contributed by atoms with Crippen LogP contribution in [0.25, 0.3) is 0 Å². The summed E-state index contributed by atoms with van der Waals surface area (Å²) in [5.74, 6) is 0. The van der Waals surface area contributed by atoms with Crippen LogP contribution in [0.3, 0.4) is 0 Å². The molecule has 0 radical (unpaired) electrons. The number of aryl methyl sites for hydroxylation is 1. The van der Waals surface area contributed by atoms with Gasteiger partial charge in [0.25, 0.3) is 5.69 Å². The summed E-state index contributed by atoms with van der Waals surface area (Å²) in [6, 6.07) is 4.22. The van der Waals surface area contributed by atoms with Crippen LogP contribution < -0.4 is 4.72 Å². The van der Waals surface area contributed by atoms with Gasteiger partial charge in [-0.05, 0) is 25.8 Å². The van der Waals surface area contributed by atoms with Gasteiger partial charge in [0.05, 0.1) is 4.92 Å². The summed E-state index contributed by atoms with van der Waals surface area (Å²) < 4.78 is 26.3. The van der Waals surface area contributed by atoms with E-state index in [2.05, 4.69) is 4.72 Å². The first-order valence-corrected chi connectivity index (χ1v) is 6.66. The first-order valence-electron chi connectivity index (χ1n) is 5.18. The zero-order valence-electron chi connectivity index (χ0n) is 9.21. The number of para-hydroxylation sites is 1. The first-order chi connectivity index (χ1) is 7.92. The Morgan fingerprint density at radius 3 is 2.59 bits per heavy atom. The highest BCUT2D eigenvalue weighted by Gasteiger charge is 2.32. The van der Waals surface area contributed by atoms with Crippen molar-refractivity contribution in [2.45, 2.75) is 30.7 Å². The van der Waals surface area contributed by atoms with Gasteiger partial charge in [-0.25, -0.2) is 13.1 Å². The number of nitro benzene ring substituents is 1.